The summed E-state index contributed by atoms with van der Waals surface area (Å²) in [5.74, 6) is 1.45. The highest BCUT2D eigenvalue weighted by Crippen LogP contribution is 2.41. The topological polar surface area (TPSA) is 97.6 Å². The number of thiazole rings is 1. The zero-order valence-electron chi connectivity index (χ0n) is 22.1. The van der Waals surface area contributed by atoms with E-state index in [1.807, 2.05) is 6.07 Å². The third-order valence-electron chi connectivity index (χ3n) is 6.07. The summed E-state index contributed by atoms with van der Waals surface area (Å²) in [6.45, 7) is 3.64. The van der Waals surface area contributed by atoms with Crippen molar-refractivity contribution in [1.82, 2.24) is 4.57 Å². The first-order valence-corrected chi connectivity index (χ1v) is 14.1. The molecular weight excluding hydrogens is 656 g/mol. The first-order chi connectivity index (χ1) is 18.7. The maximum absolute atomic E-state index is 14.0. The number of rotatable bonds is 8. The van der Waals surface area contributed by atoms with Crippen LogP contribution in [-0.2, 0) is 9.53 Å². The Morgan fingerprint density at radius 3 is 2.28 bits per heavy atom. The highest BCUT2D eigenvalue weighted by molar-refractivity contribution is 9.10. The molecule has 0 fully saturated rings. The fraction of sp³-hybridized carbons (Fsp3) is 0.296. The van der Waals surface area contributed by atoms with Gasteiger partial charge in [-0.3, -0.25) is 9.36 Å². The van der Waals surface area contributed by atoms with Crippen LogP contribution >= 0.6 is 43.2 Å². The Balaban J connectivity index is 2.00. The number of methoxy groups -OCH3 is 4. The Labute approximate surface area is 245 Å². The summed E-state index contributed by atoms with van der Waals surface area (Å²) in [4.78, 5) is 32.2. The van der Waals surface area contributed by atoms with Crippen LogP contribution in [0.5, 0.6) is 23.0 Å². The lowest BCUT2D eigenvalue weighted by Gasteiger charge is -2.26. The minimum atomic E-state index is -0.825. The van der Waals surface area contributed by atoms with E-state index in [1.165, 1.54) is 30.1 Å². The van der Waals surface area contributed by atoms with Gasteiger partial charge in [0.15, 0.2) is 27.8 Å². The van der Waals surface area contributed by atoms with E-state index in [9.17, 15) is 9.59 Å². The van der Waals surface area contributed by atoms with E-state index in [-0.39, 0.29) is 17.7 Å². The predicted octanol–water partition coefficient (Wildman–Crippen LogP) is 4.36. The van der Waals surface area contributed by atoms with Gasteiger partial charge in [-0.05, 0) is 71.2 Å². The first kappa shape index (κ1) is 28.9. The molecule has 0 N–H and O–H groups in total. The molecule has 0 bridgehead atoms. The molecule has 2 aromatic carbocycles. The number of halogens is 2. The average Bonchev–Trinajstić information content (AvgIpc) is 3.21. The van der Waals surface area contributed by atoms with E-state index < -0.39 is 12.0 Å². The van der Waals surface area contributed by atoms with Gasteiger partial charge in [0, 0.05) is 4.47 Å². The lowest BCUT2D eigenvalue weighted by atomic mass is 9.95. The minimum absolute atomic E-state index is 0.175. The van der Waals surface area contributed by atoms with Crippen molar-refractivity contribution >= 4 is 55.2 Å². The monoisotopic (exact) mass is 680 g/mol. The number of ether oxygens (including phenoxy) is 5. The fourth-order valence-electron chi connectivity index (χ4n) is 4.34. The minimum Gasteiger partial charge on any atom is -0.493 e. The van der Waals surface area contributed by atoms with Crippen molar-refractivity contribution in [2.75, 3.05) is 35.0 Å². The zero-order valence-corrected chi connectivity index (χ0v) is 26.1. The molecule has 0 unspecified atom stereocenters. The second-order valence-electron chi connectivity index (χ2n) is 8.27. The molecule has 206 valence electrons. The van der Waals surface area contributed by atoms with Crippen molar-refractivity contribution in [3.63, 3.8) is 0 Å². The maximum atomic E-state index is 14.0. The molecule has 0 amide bonds. The molecule has 12 heteroatoms. The molecule has 1 aromatic heterocycles. The van der Waals surface area contributed by atoms with Crippen LogP contribution in [0.15, 0.2) is 54.3 Å². The molecule has 9 nitrogen and oxygen atoms in total. The van der Waals surface area contributed by atoms with Crippen LogP contribution in [-0.4, -0.2) is 45.6 Å². The summed E-state index contributed by atoms with van der Waals surface area (Å²) in [6.07, 6.45) is 1.75. The smallest absolute Gasteiger partial charge is 0.338 e. The highest BCUT2D eigenvalue weighted by Gasteiger charge is 2.35. The van der Waals surface area contributed by atoms with Gasteiger partial charge in [0.1, 0.15) is 0 Å². The number of nitrogens with zero attached hydrogens (tertiary/aromatic N) is 2. The van der Waals surface area contributed by atoms with Crippen LogP contribution in [0.2, 0.25) is 0 Å². The van der Waals surface area contributed by atoms with Gasteiger partial charge < -0.3 is 23.7 Å². The van der Waals surface area contributed by atoms with Crippen LogP contribution < -0.4 is 33.8 Å². The molecule has 1 aliphatic heterocycles. The van der Waals surface area contributed by atoms with Crippen LogP contribution in [0.3, 0.4) is 0 Å². The summed E-state index contributed by atoms with van der Waals surface area (Å²) in [5, 5.41) is 0. The van der Waals surface area contributed by atoms with E-state index in [1.54, 1.807) is 52.3 Å². The quantitative estimate of drug-likeness (QED) is 0.326. The van der Waals surface area contributed by atoms with E-state index in [0.29, 0.717) is 52.5 Å². The van der Waals surface area contributed by atoms with E-state index in [4.69, 9.17) is 23.7 Å². The SMILES string of the molecule is CCOC(=O)C1=C(C)N=c2s/c(=C\c3cc(Br)c(OC)c(OC)c3)c(=O)n2[C@H]1c1cc(OC)c(OC)cc1Br. The third kappa shape index (κ3) is 5.37. The number of hydrogen-bond acceptors (Lipinski definition) is 9. The Bertz CT molecular complexity index is 1660. The lowest BCUT2D eigenvalue weighted by molar-refractivity contribution is -0.139. The number of allylic oxidation sites excluding steroid dienone is 1. The van der Waals surface area contributed by atoms with Crippen LogP contribution in [0.4, 0.5) is 0 Å². The molecule has 0 saturated heterocycles. The molecule has 0 saturated carbocycles. The second-order valence-corrected chi connectivity index (χ2v) is 11.0. The van der Waals surface area contributed by atoms with Gasteiger partial charge in [-0.2, -0.15) is 0 Å². The number of hydrogen-bond donors (Lipinski definition) is 0. The Kier molecular flexibility index (Phi) is 8.87. The van der Waals surface area contributed by atoms with Gasteiger partial charge >= 0.3 is 5.97 Å². The Morgan fingerprint density at radius 1 is 1.00 bits per heavy atom. The Hall–Kier alpha value is -3.09. The summed E-state index contributed by atoms with van der Waals surface area (Å²) in [6, 6.07) is 6.27. The molecule has 2 heterocycles. The van der Waals surface area contributed by atoms with E-state index in [0.717, 1.165) is 5.56 Å². The van der Waals surface area contributed by atoms with Crippen LogP contribution in [0.1, 0.15) is 31.0 Å². The molecule has 1 atom stereocenters. The average molecular weight is 682 g/mol. The van der Waals surface area contributed by atoms with Gasteiger partial charge in [-0.15, -0.1) is 0 Å². The first-order valence-electron chi connectivity index (χ1n) is 11.7. The van der Waals surface area contributed by atoms with Crippen molar-refractivity contribution < 1.29 is 28.5 Å². The molecular formula is C27H26Br2N2O7S. The fourth-order valence-corrected chi connectivity index (χ4v) is 6.55. The highest BCUT2D eigenvalue weighted by atomic mass is 79.9. The summed E-state index contributed by atoms with van der Waals surface area (Å²) in [7, 11) is 6.15. The van der Waals surface area contributed by atoms with Crippen molar-refractivity contribution in [2.45, 2.75) is 19.9 Å². The van der Waals surface area contributed by atoms with Gasteiger partial charge in [-0.1, -0.05) is 27.3 Å². The molecule has 1 aliphatic rings. The molecule has 39 heavy (non-hydrogen) atoms. The Morgan fingerprint density at radius 2 is 1.67 bits per heavy atom. The molecule has 0 spiro atoms. The van der Waals surface area contributed by atoms with E-state index in [2.05, 4.69) is 36.9 Å². The van der Waals surface area contributed by atoms with Gasteiger partial charge in [-0.25, -0.2) is 9.79 Å². The largest absolute Gasteiger partial charge is 0.493 e. The normalized spacial score (nSPS) is 15.0. The van der Waals surface area contributed by atoms with Gasteiger partial charge in [0.25, 0.3) is 5.56 Å². The van der Waals surface area contributed by atoms with Crippen molar-refractivity contribution in [3.05, 3.63) is 75.3 Å². The van der Waals surface area contributed by atoms with Crippen LogP contribution in [0.25, 0.3) is 6.08 Å². The number of carbonyl (C=O) groups excluding carboxylic acids is 1. The summed E-state index contributed by atoms with van der Waals surface area (Å²) in [5.41, 5.74) is 1.74. The maximum Gasteiger partial charge on any atom is 0.338 e. The van der Waals surface area contributed by atoms with Gasteiger partial charge in [0.05, 0.1) is 61.4 Å². The number of carbonyl (C=O) groups is 1. The van der Waals surface area contributed by atoms with Crippen molar-refractivity contribution in [1.29, 1.82) is 0 Å². The van der Waals surface area contributed by atoms with E-state index >= 15 is 0 Å². The predicted molar refractivity (Wildman–Crippen MR) is 155 cm³/mol. The summed E-state index contributed by atoms with van der Waals surface area (Å²) < 4.78 is 30.4. The molecule has 3 aromatic rings. The molecule has 0 aliphatic carbocycles. The van der Waals surface area contributed by atoms with Crippen LogP contribution in [0, 0.1) is 0 Å². The number of aromatic nitrogens is 1. The second kappa shape index (κ2) is 12.0. The molecule has 0 radical (unpaired) electrons. The molecule has 4 rings (SSSR count). The standard InChI is InChI=1S/C27H26Br2N2O7S/c1-7-38-26(33)22-13(2)30-27-31(23(22)15-11-18(34-3)19(35-4)12-16(15)28)25(32)21(39-27)10-14-8-17(29)24(37-6)20(9-14)36-5/h8-12,23H,7H2,1-6H3/b21-10-/t23-/m0/s1. The third-order valence-corrected chi connectivity index (χ3v) is 8.33. The van der Waals surface area contributed by atoms with Crippen molar-refractivity contribution in [2.24, 2.45) is 4.99 Å². The lowest BCUT2D eigenvalue weighted by Crippen LogP contribution is -2.40. The summed E-state index contributed by atoms with van der Waals surface area (Å²) >= 11 is 8.33. The van der Waals surface area contributed by atoms with Gasteiger partial charge in [0.2, 0.25) is 0 Å². The number of esters is 1. The number of benzene rings is 2. The zero-order chi connectivity index (χ0) is 28.4. The number of fused-ring (bicyclic) bond motifs is 1. The van der Waals surface area contributed by atoms with Crippen molar-refractivity contribution in [3.8, 4) is 23.0 Å².